The standard InChI is InChI=1S/C14H14N4O5S2/c1-25(22,23)17(11-4-2-5-12(8-11)18(20)21)10-14(19)16-15-9-13-6-3-7-24-13/h2-9H,10H2,1H3,(H,16,19)/b15-9-. The Morgan fingerprint density at radius 2 is 2.16 bits per heavy atom. The number of non-ortho nitro benzene ring substituents is 1. The van der Waals surface area contributed by atoms with E-state index < -0.39 is 27.4 Å². The average molecular weight is 382 g/mol. The van der Waals surface area contributed by atoms with E-state index >= 15 is 0 Å². The molecule has 0 saturated heterocycles. The molecular formula is C14H14N4O5S2. The zero-order valence-electron chi connectivity index (χ0n) is 13.0. The number of carbonyl (C=O) groups excluding carboxylic acids is 1. The van der Waals surface area contributed by atoms with Gasteiger partial charge < -0.3 is 0 Å². The summed E-state index contributed by atoms with van der Waals surface area (Å²) in [6, 6.07) is 8.65. The van der Waals surface area contributed by atoms with Crippen molar-refractivity contribution in [3.63, 3.8) is 0 Å². The van der Waals surface area contributed by atoms with Crippen LogP contribution in [0.4, 0.5) is 11.4 Å². The van der Waals surface area contributed by atoms with Crippen LogP contribution in [-0.4, -0.2) is 38.3 Å². The summed E-state index contributed by atoms with van der Waals surface area (Å²) in [5, 5.41) is 16.4. The lowest BCUT2D eigenvalue weighted by Crippen LogP contribution is -2.39. The molecule has 132 valence electrons. The van der Waals surface area contributed by atoms with E-state index in [4.69, 9.17) is 0 Å². The van der Waals surface area contributed by atoms with Gasteiger partial charge in [-0.1, -0.05) is 12.1 Å². The highest BCUT2D eigenvalue weighted by Crippen LogP contribution is 2.22. The number of sulfonamides is 1. The molecule has 2 rings (SSSR count). The van der Waals surface area contributed by atoms with E-state index in [1.807, 2.05) is 11.4 Å². The molecule has 1 heterocycles. The van der Waals surface area contributed by atoms with Gasteiger partial charge >= 0.3 is 0 Å². The highest BCUT2D eigenvalue weighted by molar-refractivity contribution is 7.92. The van der Waals surface area contributed by atoms with Gasteiger partial charge in [0.15, 0.2) is 0 Å². The number of thiophene rings is 1. The zero-order valence-corrected chi connectivity index (χ0v) is 14.7. The molecule has 0 aliphatic heterocycles. The molecule has 0 aliphatic carbocycles. The van der Waals surface area contributed by atoms with Crippen molar-refractivity contribution in [3.05, 3.63) is 56.8 Å². The number of rotatable bonds is 7. The van der Waals surface area contributed by atoms with Crippen LogP contribution in [0.25, 0.3) is 0 Å². The number of nitro benzene ring substituents is 1. The van der Waals surface area contributed by atoms with Gasteiger partial charge in [0.05, 0.1) is 23.1 Å². The van der Waals surface area contributed by atoms with Crippen molar-refractivity contribution in [2.24, 2.45) is 5.10 Å². The normalized spacial score (nSPS) is 11.4. The van der Waals surface area contributed by atoms with Crippen LogP contribution in [0.3, 0.4) is 0 Å². The van der Waals surface area contributed by atoms with Gasteiger partial charge in [0.25, 0.3) is 11.6 Å². The molecule has 0 atom stereocenters. The van der Waals surface area contributed by atoms with Crippen LogP contribution in [0, 0.1) is 10.1 Å². The zero-order chi connectivity index (χ0) is 18.4. The number of benzene rings is 1. The van der Waals surface area contributed by atoms with Gasteiger partial charge in [-0.05, 0) is 17.5 Å². The Bertz CT molecular complexity index is 894. The number of nitrogens with zero attached hydrogens (tertiary/aromatic N) is 3. The van der Waals surface area contributed by atoms with Crippen LogP contribution in [0.1, 0.15) is 4.88 Å². The number of hydrazone groups is 1. The van der Waals surface area contributed by atoms with E-state index in [1.165, 1.54) is 35.8 Å². The first-order chi connectivity index (χ1) is 11.8. The second-order valence-corrected chi connectivity index (χ2v) is 7.74. The maximum Gasteiger partial charge on any atom is 0.271 e. The molecule has 1 N–H and O–H groups in total. The number of nitrogens with one attached hydrogen (secondary N) is 1. The molecule has 0 radical (unpaired) electrons. The SMILES string of the molecule is CS(=O)(=O)N(CC(=O)N/N=C\c1cccs1)c1cccc([N+](=O)[O-])c1. The molecule has 2 aromatic rings. The summed E-state index contributed by atoms with van der Waals surface area (Å²) in [6.45, 7) is -0.554. The molecule has 0 unspecified atom stereocenters. The Balaban J connectivity index is 2.14. The van der Waals surface area contributed by atoms with Crippen LogP contribution < -0.4 is 9.73 Å². The topological polar surface area (TPSA) is 122 Å². The molecule has 11 heteroatoms. The number of anilines is 1. The largest absolute Gasteiger partial charge is 0.271 e. The van der Waals surface area contributed by atoms with Crippen molar-refractivity contribution in [2.45, 2.75) is 0 Å². The lowest BCUT2D eigenvalue weighted by molar-refractivity contribution is -0.384. The summed E-state index contributed by atoms with van der Waals surface area (Å²) in [5.41, 5.74) is 1.97. The molecule has 25 heavy (non-hydrogen) atoms. The number of hydrogen-bond donors (Lipinski definition) is 1. The molecule has 1 aromatic heterocycles. The number of amides is 1. The average Bonchev–Trinajstić information content (AvgIpc) is 3.05. The van der Waals surface area contributed by atoms with Crippen molar-refractivity contribution in [2.75, 3.05) is 17.1 Å². The Hall–Kier alpha value is -2.79. The van der Waals surface area contributed by atoms with E-state index in [-0.39, 0.29) is 11.4 Å². The maximum atomic E-state index is 12.0. The molecule has 0 bridgehead atoms. The lowest BCUT2D eigenvalue weighted by atomic mass is 10.3. The van der Waals surface area contributed by atoms with Crippen molar-refractivity contribution in [3.8, 4) is 0 Å². The second kappa shape index (κ2) is 7.85. The predicted octanol–water partition coefficient (Wildman–Crippen LogP) is 1.57. The smallest absolute Gasteiger partial charge is 0.271 e. The Morgan fingerprint density at radius 3 is 2.76 bits per heavy atom. The maximum absolute atomic E-state index is 12.0. The Labute approximate surface area is 147 Å². The summed E-state index contributed by atoms with van der Waals surface area (Å²) < 4.78 is 24.7. The first-order valence-corrected chi connectivity index (χ1v) is 9.58. The van der Waals surface area contributed by atoms with Crippen molar-refractivity contribution in [1.82, 2.24) is 5.43 Å². The fourth-order valence-corrected chi connectivity index (χ4v) is 3.29. The minimum absolute atomic E-state index is 0.0223. The van der Waals surface area contributed by atoms with Gasteiger partial charge in [0.1, 0.15) is 6.54 Å². The number of carbonyl (C=O) groups is 1. The van der Waals surface area contributed by atoms with Crippen LogP contribution in [0.15, 0.2) is 46.9 Å². The van der Waals surface area contributed by atoms with E-state index in [9.17, 15) is 23.3 Å². The summed E-state index contributed by atoms with van der Waals surface area (Å²) in [6.07, 6.45) is 2.34. The third kappa shape index (κ3) is 5.36. The van der Waals surface area contributed by atoms with Gasteiger partial charge in [0, 0.05) is 17.0 Å². The van der Waals surface area contributed by atoms with E-state index in [1.54, 1.807) is 6.07 Å². The fourth-order valence-electron chi connectivity index (χ4n) is 1.86. The van der Waals surface area contributed by atoms with Gasteiger partial charge in [-0.25, -0.2) is 13.8 Å². The van der Waals surface area contributed by atoms with Crippen LogP contribution in [0.2, 0.25) is 0 Å². The van der Waals surface area contributed by atoms with Gasteiger partial charge in [-0.15, -0.1) is 11.3 Å². The first-order valence-electron chi connectivity index (χ1n) is 6.85. The van der Waals surface area contributed by atoms with Gasteiger partial charge in [-0.3, -0.25) is 19.2 Å². The summed E-state index contributed by atoms with van der Waals surface area (Å²) in [4.78, 5) is 23.0. The number of nitro groups is 1. The molecule has 0 aliphatic rings. The fraction of sp³-hybridized carbons (Fsp3) is 0.143. The Kier molecular flexibility index (Phi) is 5.83. The predicted molar refractivity (Wildman–Crippen MR) is 95.3 cm³/mol. The quantitative estimate of drug-likeness (QED) is 0.442. The highest BCUT2D eigenvalue weighted by atomic mass is 32.2. The third-order valence-corrected chi connectivity index (χ3v) is 4.89. The summed E-state index contributed by atoms with van der Waals surface area (Å²) >= 11 is 1.42. The molecule has 1 aromatic carbocycles. The van der Waals surface area contributed by atoms with Crippen molar-refractivity contribution in [1.29, 1.82) is 0 Å². The van der Waals surface area contributed by atoms with Crippen LogP contribution in [-0.2, 0) is 14.8 Å². The van der Waals surface area contributed by atoms with Gasteiger partial charge in [0.2, 0.25) is 10.0 Å². The monoisotopic (exact) mass is 382 g/mol. The highest BCUT2D eigenvalue weighted by Gasteiger charge is 2.22. The van der Waals surface area contributed by atoms with E-state index in [0.717, 1.165) is 21.5 Å². The minimum Gasteiger partial charge on any atom is -0.271 e. The summed E-state index contributed by atoms with van der Waals surface area (Å²) in [7, 11) is -3.82. The lowest BCUT2D eigenvalue weighted by Gasteiger charge is -2.21. The van der Waals surface area contributed by atoms with E-state index in [0.29, 0.717) is 0 Å². The van der Waals surface area contributed by atoms with Crippen molar-refractivity contribution < 1.29 is 18.1 Å². The van der Waals surface area contributed by atoms with Crippen molar-refractivity contribution >= 4 is 44.9 Å². The van der Waals surface area contributed by atoms with Crippen LogP contribution in [0.5, 0.6) is 0 Å². The number of hydrogen-bond acceptors (Lipinski definition) is 7. The second-order valence-electron chi connectivity index (χ2n) is 4.86. The molecule has 0 spiro atoms. The molecular weight excluding hydrogens is 368 g/mol. The van der Waals surface area contributed by atoms with Gasteiger partial charge in [-0.2, -0.15) is 5.10 Å². The van der Waals surface area contributed by atoms with Crippen LogP contribution >= 0.6 is 11.3 Å². The summed E-state index contributed by atoms with van der Waals surface area (Å²) in [5.74, 6) is -0.676. The third-order valence-electron chi connectivity index (χ3n) is 2.94. The molecule has 1 amide bonds. The molecule has 0 saturated carbocycles. The first kappa shape index (κ1) is 18.5. The minimum atomic E-state index is -3.82. The Morgan fingerprint density at radius 1 is 1.40 bits per heavy atom. The molecule has 0 fully saturated rings. The van der Waals surface area contributed by atoms with E-state index in [2.05, 4.69) is 10.5 Å². The molecule has 9 nitrogen and oxygen atoms in total.